The van der Waals surface area contributed by atoms with Crippen molar-refractivity contribution in [1.82, 2.24) is 0 Å². The van der Waals surface area contributed by atoms with E-state index >= 15 is 0 Å². The minimum Gasteiger partial charge on any atom is -0.454 e. The van der Waals surface area contributed by atoms with Crippen LogP contribution in [0.25, 0.3) is 6.08 Å². The average molecular weight is 309 g/mol. The summed E-state index contributed by atoms with van der Waals surface area (Å²) in [7, 11) is 0. The van der Waals surface area contributed by atoms with E-state index in [0.717, 1.165) is 23.4 Å². The van der Waals surface area contributed by atoms with Gasteiger partial charge in [-0.25, -0.2) is 0 Å². The molecule has 0 aliphatic carbocycles. The lowest BCUT2D eigenvalue weighted by atomic mass is 10.2. The number of carbonyl (C=O) groups is 1. The molecule has 118 valence electrons. The Hall–Kier alpha value is -2.75. The summed E-state index contributed by atoms with van der Waals surface area (Å²) in [6.45, 7) is 3.00. The number of rotatable bonds is 5. The summed E-state index contributed by atoms with van der Waals surface area (Å²) in [5.74, 6) is 1.43. The lowest BCUT2D eigenvalue weighted by Gasteiger charge is -2.20. The summed E-state index contributed by atoms with van der Waals surface area (Å²) in [6, 6.07) is 15.3. The van der Waals surface area contributed by atoms with Crippen LogP contribution in [-0.2, 0) is 4.79 Å². The Morgan fingerprint density at radius 1 is 1.13 bits per heavy atom. The summed E-state index contributed by atoms with van der Waals surface area (Å²) < 4.78 is 10.6. The summed E-state index contributed by atoms with van der Waals surface area (Å²) >= 11 is 0. The van der Waals surface area contributed by atoms with Crippen molar-refractivity contribution in [3.8, 4) is 11.5 Å². The standard InChI is InChI=1S/C19H19NO3/c1-2-12-20(16-6-4-3-5-7-16)19(21)11-9-15-8-10-17-18(13-15)23-14-22-17/h3-11,13H,2,12,14H2,1H3. The van der Waals surface area contributed by atoms with E-state index in [9.17, 15) is 4.79 Å². The molecule has 3 rings (SSSR count). The Morgan fingerprint density at radius 2 is 1.91 bits per heavy atom. The molecule has 0 bridgehead atoms. The maximum absolute atomic E-state index is 12.5. The second kappa shape index (κ2) is 7.01. The van der Waals surface area contributed by atoms with Crippen molar-refractivity contribution in [2.75, 3.05) is 18.2 Å². The van der Waals surface area contributed by atoms with Gasteiger partial charge in [-0.05, 0) is 42.3 Å². The van der Waals surface area contributed by atoms with Gasteiger partial charge in [0.2, 0.25) is 6.79 Å². The van der Waals surface area contributed by atoms with Crippen LogP contribution in [0.15, 0.2) is 54.6 Å². The minimum atomic E-state index is -0.0317. The smallest absolute Gasteiger partial charge is 0.250 e. The zero-order chi connectivity index (χ0) is 16.1. The summed E-state index contributed by atoms with van der Waals surface area (Å²) in [6.07, 6.45) is 4.30. The van der Waals surface area contributed by atoms with Crippen molar-refractivity contribution in [2.24, 2.45) is 0 Å². The molecule has 0 radical (unpaired) electrons. The van der Waals surface area contributed by atoms with Crippen LogP contribution in [0.2, 0.25) is 0 Å². The molecular weight excluding hydrogens is 290 g/mol. The minimum absolute atomic E-state index is 0.0317. The number of amides is 1. The number of anilines is 1. The van der Waals surface area contributed by atoms with Crippen LogP contribution >= 0.6 is 0 Å². The second-order valence-electron chi connectivity index (χ2n) is 5.27. The zero-order valence-electron chi connectivity index (χ0n) is 13.1. The van der Waals surface area contributed by atoms with E-state index < -0.39 is 0 Å². The number of hydrogen-bond acceptors (Lipinski definition) is 3. The van der Waals surface area contributed by atoms with Gasteiger partial charge in [0, 0.05) is 18.3 Å². The fraction of sp³-hybridized carbons (Fsp3) is 0.211. The highest BCUT2D eigenvalue weighted by atomic mass is 16.7. The molecule has 1 heterocycles. The maximum atomic E-state index is 12.5. The molecule has 4 nitrogen and oxygen atoms in total. The van der Waals surface area contributed by atoms with Crippen molar-refractivity contribution >= 4 is 17.7 Å². The first-order chi connectivity index (χ1) is 11.3. The van der Waals surface area contributed by atoms with E-state index in [0.29, 0.717) is 12.3 Å². The van der Waals surface area contributed by atoms with Gasteiger partial charge in [-0.15, -0.1) is 0 Å². The first-order valence-corrected chi connectivity index (χ1v) is 7.72. The van der Waals surface area contributed by atoms with Crippen LogP contribution < -0.4 is 14.4 Å². The van der Waals surface area contributed by atoms with Crippen molar-refractivity contribution in [1.29, 1.82) is 0 Å². The maximum Gasteiger partial charge on any atom is 0.250 e. The summed E-state index contributed by atoms with van der Waals surface area (Å²) in [5.41, 5.74) is 1.82. The highest BCUT2D eigenvalue weighted by Gasteiger charge is 2.14. The molecule has 0 atom stereocenters. The SMILES string of the molecule is CCCN(C(=O)C=Cc1ccc2c(c1)OCO2)c1ccccc1. The first kappa shape index (κ1) is 15.2. The molecule has 0 spiro atoms. The fourth-order valence-electron chi connectivity index (χ4n) is 2.47. The number of carbonyl (C=O) groups excluding carboxylic acids is 1. The van der Waals surface area contributed by atoms with Gasteiger partial charge in [0.15, 0.2) is 11.5 Å². The van der Waals surface area contributed by atoms with Crippen LogP contribution in [0.1, 0.15) is 18.9 Å². The Balaban J connectivity index is 1.76. The third-order valence-corrected chi connectivity index (χ3v) is 3.60. The number of para-hydroxylation sites is 1. The molecule has 1 aliphatic heterocycles. The van der Waals surface area contributed by atoms with Crippen molar-refractivity contribution < 1.29 is 14.3 Å². The van der Waals surface area contributed by atoms with Crippen molar-refractivity contribution in [3.63, 3.8) is 0 Å². The van der Waals surface area contributed by atoms with E-state index in [1.165, 1.54) is 0 Å². The van der Waals surface area contributed by atoms with Gasteiger partial charge >= 0.3 is 0 Å². The van der Waals surface area contributed by atoms with Gasteiger partial charge in [0.25, 0.3) is 5.91 Å². The number of nitrogens with zero attached hydrogens (tertiary/aromatic N) is 1. The molecule has 4 heteroatoms. The first-order valence-electron chi connectivity index (χ1n) is 7.72. The molecule has 0 fully saturated rings. The van der Waals surface area contributed by atoms with Gasteiger partial charge in [0.05, 0.1) is 0 Å². The van der Waals surface area contributed by atoms with E-state index in [4.69, 9.17) is 9.47 Å². The predicted octanol–water partition coefficient (Wildman–Crippen LogP) is 3.87. The molecule has 1 amide bonds. The molecule has 1 aliphatic rings. The van der Waals surface area contributed by atoms with E-state index in [2.05, 4.69) is 6.92 Å². The lowest BCUT2D eigenvalue weighted by molar-refractivity contribution is -0.114. The van der Waals surface area contributed by atoms with Crippen LogP contribution in [0.4, 0.5) is 5.69 Å². The van der Waals surface area contributed by atoms with Gasteiger partial charge < -0.3 is 14.4 Å². The number of fused-ring (bicyclic) bond motifs is 1. The molecule has 0 N–H and O–H groups in total. The largest absolute Gasteiger partial charge is 0.454 e. The Labute approximate surface area is 135 Å². The van der Waals surface area contributed by atoms with Crippen molar-refractivity contribution in [2.45, 2.75) is 13.3 Å². The quantitative estimate of drug-likeness (QED) is 0.787. The number of ether oxygens (including phenoxy) is 2. The Kier molecular flexibility index (Phi) is 4.62. The van der Waals surface area contributed by atoms with E-state index in [1.807, 2.05) is 48.5 Å². The zero-order valence-corrected chi connectivity index (χ0v) is 13.1. The molecule has 0 aromatic heterocycles. The second-order valence-corrected chi connectivity index (χ2v) is 5.27. The van der Waals surface area contributed by atoms with Crippen LogP contribution in [0.3, 0.4) is 0 Å². The van der Waals surface area contributed by atoms with E-state index in [-0.39, 0.29) is 12.7 Å². The summed E-state index contributed by atoms with van der Waals surface area (Å²) in [4.78, 5) is 14.3. The molecule has 0 saturated heterocycles. The number of hydrogen-bond donors (Lipinski definition) is 0. The fourth-order valence-corrected chi connectivity index (χ4v) is 2.47. The van der Waals surface area contributed by atoms with Gasteiger partial charge in [0.1, 0.15) is 0 Å². The average Bonchev–Trinajstić information content (AvgIpc) is 3.06. The Bertz CT molecular complexity index is 710. The molecule has 23 heavy (non-hydrogen) atoms. The van der Waals surface area contributed by atoms with Gasteiger partial charge in [-0.2, -0.15) is 0 Å². The normalized spacial score (nSPS) is 12.6. The Morgan fingerprint density at radius 3 is 2.70 bits per heavy atom. The monoisotopic (exact) mass is 309 g/mol. The van der Waals surface area contributed by atoms with E-state index in [1.54, 1.807) is 17.1 Å². The predicted molar refractivity (Wildman–Crippen MR) is 90.7 cm³/mol. The number of benzene rings is 2. The molecular formula is C19H19NO3. The molecule has 0 unspecified atom stereocenters. The molecule has 0 saturated carbocycles. The summed E-state index contributed by atoms with van der Waals surface area (Å²) in [5, 5.41) is 0. The molecule has 2 aromatic rings. The lowest BCUT2D eigenvalue weighted by Crippen LogP contribution is -2.29. The molecule has 2 aromatic carbocycles. The van der Waals surface area contributed by atoms with Gasteiger partial charge in [-0.3, -0.25) is 4.79 Å². The van der Waals surface area contributed by atoms with Crippen molar-refractivity contribution in [3.05, 3.63) is 60.2 Å². The third-order valence-electron chi connectivity index (χ3n) is 3.60. The topological polar surface area (TPSA) is 38.8 Å². The third kappa shape index (κ3) is 3.54. The van der Waals surface area contributed by atoms with Crippen LogP contribution in [-0.4, -0.2) is 19.2 Å². The highest BCUT2D eigenvalue weighted by molar-refractivity contribution is 6.03. The van der Waals surface area contributed by atoms with Gasteiger partial charge in [-0.1, -0.05) is 31.2 Å². The van der Waals surface area contributed by atoms with Crippen LogP contribution in [0, 0.1) is 0 Å². The van der Waals surface area contributed by atoms with Crippen LogP contribution in [0.5, 0.6) is 11.5 Å². The highest BCUT2D eigenvalue weighted by Crippen LogP contribution is 2.32.